The molecule has 6 heteroatoms. The highest BCUT2D eigenvalue weighted by Gasteiger charge is 2.47. The van der Waals surface area contributed by atoms with E-state index in [1.165, 1.54) is 11.0 Å². The number of aryl methyl sites for hydroxylation is 2. The van der Waals surface area contributed by atoms with Gasteiger partial charge in [0.25, 0.3) is 11.7 Å². The molecule has 35 heavy (non-hydrogen) atoms. The molecular formula is C29H27NO5. The van der Waals surface area contributed by atoms with E-state index in [0.29, 0.717) is 16.8 Å². The van der Waals surface area contributed by atoms with E-state index in [2.05, 4.69) is 0 Å². The summed E-state index contributed by atoms with van der Waals surface area (Å²) in [7, 11) is 0. The molecule has 3 aromatic rings. The molecular weight excluding hydrogens is 442 g/mol. The largest absolute Gasteiger partial charge is 0.507 e. The zero-order chi connectivity index (χ0) is 25.3. The van der Waals surface area contributed by atoms with Crippen LogP contribution in [0.4, 0.5) is 5.69 Å². The number of nitrogens with zero attached hydrogens (tertiary/aromatic N) is 1. The monoisotopic (exact) mass is 469 g/mol. The van der Waals surface area contributed by atoms with Crippen LogP contribution in [-0.2, 0) is 14.3 Å². The van der Waals surface area contributed by atoms with Gasteiger partial charge in [0.1, 0.15) is 5.76 Å². The number of hydrogen-bond acceptors (Lipinski definition) is 5. The van der Waals surface area contributed by atoms with Crippen LogP contribution < -0.4 is 4.90 Å². The first-order chi connectivity index (χ1) is 16.7. The van der Waals surface area contributed by atoms with Crippen molar-refractivity contribution in [1.82, 2.24) is 0 Å². The number of Topliss-reactive ketones (excluding diaryl/α,β-unsaturated/α-hetero) is 1. The first-order valence-corrected chi connectivity index (χ1v) is 11.4. The maximum absolute atomic E-state index is 13.3. The molecule has 1 unspecified atom stereocenters. The molecule has 1 amide bonds. The Balaban J connectivity index is 1.89. The zero-order valence-corrected chi connectivity index (χ0v) is 20.1. The van der Waals surface area contributed by atoms with Gasteiger partial charge in [0, 0.05) is 11.3 Å². The topological polar surface area (TPSA) is 83.9 Å². The number of aliphatic hydroxyl groups is 1. The van der Waals surface area contributed by atoms with Crippen molar-refractivity contribution in [1.29, 1.82) is 0 Å². The second-order valence-corrected chi connectivity index (χ2v) is 8.88. The van der Waals surface area contributed by atoms with Crippen molar-refractivity contribution in [2.24, 2.45) is 0 Å². The number of carbonyl (C=O) groups is 3. The van der Waals surface area contributed by atoms with Gasteiger partial charge in [0.05, 0.1) is 23.3 Å². The van der Waals surface area contributed by atoms with Crippen molar-refractivity contribution in [2.75, 3.05) is 4.90 Å². The fourth-order valence-corrected chi connectivity index (χ4v) is 4.16. The van der Waals surface area contributed by atoms with Gasteiger partial charge in [-0.3, -0.25) is 14.5 Å². The number of ketones is 1. The van der Waals surface area contributed by atoms with E-state index in [1.807, 2.05) is 38.1 Å². The molecule has 1 fully saturated rings. The normalized spacial score (nSPS) is 17.2. The number of amides is 1. The molecule has 0 bridgehead atoms. The van der Waals surface area contributed by atoms with Gasteiger partial charge in [-0.25, -0.2) is 4.79 Å². The minimum Gasteiger partial charge on any atom is -0.507 e. The Kier molecular flexibility index (Phi) is 6.56. The Morgan fingerprint density at radius 3 is 2.26 bits per heavy atom. The van der Waals surface area contributed by atoms with Crippen molar-refractivity contribution >= 4 is 29.1 Å². The van der Waals surface area contributed by atoms with E-state index in [9.17, 15) is 19.5 Å². The lowest BCUT2D eigenvalue weighted by Crippen LogP contribution is -2.29. The molecule has 4 rings (SSSR count). The second-order valence-electron chi connectivity index (χ2n) is 8.88. The minimum absolute atomic E-state index is 0.000358. The van der Waals surface area contributed by atoms with E-state index in [1.54, 1.807) is 56.3 Å². The molecule has 1 aliphatic rings. The third-order valence-electron chi connectivity index (χ3n) is 6.04. The summed E-state index contributed by atoms with van der Waals surface area (Å²) < 4.78 is 5.29. The summed E-state index contributed by atoms with van der Waals surface area (Å²) >= 11 is 0. The first kappa shape index (κ1) is 24.0. The van der Waals surface area contributed by atoms with E-state index >= 15 is 0 Å². The van der Waals surface area contributed by atoms with Gasteiger partial charge < -0.3 is 9.84 Å². The smallest absolute Gasteiger partial charge is 0.338 e. The van der Waals surface area contributed by atoms with Crippen LogP contribution >= 0.6 is 0 Å². The second kappa shape index (κ2) is 9.58. The third-order valence-corrected chi connectivity index (χ3v) is 6.04. The van der Waals surface area contributed by atoms with Gasteiger partial charge >= 0.3 is 5.97 Å². The van der Waals surface area contributed by atoms with Crippen molar-refractivity contribution in [3.05, 3.63) is 106 Å². The molecule has 1 aliphatic heterocycles. The van der Waals surface area contributed by atoms with Gasteiger partial charge in [-0.15, -0.1) is 0 Å². The molecule has 1 heterocycles. The molecule has 1 atom stereocenters. The summed E-state index contributed by atoms with van der Waals surface area (Å²) in [4.78, 5) is 40.5. The number of esters is 1. The van der Waals surface area contributed by atoms with Crippen molar-refractivity contribution in [3.63, 3.8) is 0 Å². The van der Waals surface area contributed by atoms with Crippen molar-refractivity contribution in [3.8, 4) is 0 Å². The molecule has 0 aliphatic carbocycles. The van der Waals surface area contributed by atoms with Gasteiger partial charge in [0.2, 0.25) is 0 Å². The van der Waals surface area contributed by atoms with E-state index in [-0.39, 0.29) is 23.0 Å². The molecule has 178 valence electrons. The average molecular weight is 470 g/mol. The number of hydrogen-bond donors (Lipinski definition) is 1. The number of rotatable bonds is 5. The molecule has 0 radical (unpaired) electrons. The Hall–Kier alpha value is -4.19. The summed E-state index contributed by atoms with van der Waals surface area (Å²) in [5.41, 5.74) is 3.74. The maximum Gasteiger partial charge on any atom is 0.338 e. The summed E-state index contributed by atoms with van der Waals surface area (Å²) in [6, 6.07) is 20.0. The van der Waals surface area contributed by atoms with Crippen LogP contribution in [0.5, 0.6) is 0 Å². The lowest BCUT2D eigenvalue weighted by Gasteiger charge is -2.26. The summed E-state index contributed by atoms with van der Waals surface area (Å²) in [6.07, 6.45) is -0.303. The highest BCUT2D eigenvalue weighted by molar-refractivity contribution is 6.51. The lowest BCUT2D eigenvalue weighted by molar-refractivity contribution is -0.132. The first-order valence-electron chi connectivity index (χ1n) is 11.4. The van der Waals surface area contributed by atoms with E-state index < -0.39 is 23.7 Å². The highest BCUT2D eigenvalue weighted by Crippen LogP contribution is 2.42. The van der Waals surface area contributed by atoms with Gasteiger partial charge in [-0.05, 0) is 68.7 Å². The number of ether oxygens (including phenoxy) is 1. The van der Waals surface area contributed by atoms with Crippen LogP contribution in [0.3, 0.4) is 0 Å². The maximum atomic E-state index is 13.3. The Labute approximate surface area is 204 Å². The van der Waals surface area contributed by atoms with E-state index in [0.717, 1.165) is 11.1 Å². The lowest BCUT2D eigenvalue weighted by atomic mass is 9.94. The molecule has 0 saturated carbocycles. The Morgan fingerprint density at radius 1 is 0.886 bits per heavy atom. The Bertz CT molecular complexity index is 1340. The predicted molar refractivity (Wildman–Crippen MR) is 134 cm³/mol. The predicted octanol–water partition coefficient (Wildman–Crippen LogP) is 5.49. The zero-order valence-electron chi connectivity index (χ0n) is 20.1. The Morgan fingerprint density at radius 2 is 1.60 bits per heavy atom. The van der Waals surface area contributed by atoms with Gasteiger partial charge in [-0.1, -0.05) is 48.5 Å². The van der Waals surface area contributed by atoms with Crippen LogP contribution in [0.25, 0.3) is 5.76 Å². The molecule has 1 N–H and O–H groups in total. The van der Waals surface area contributed by atoms with Crippen LogP contribution in [-0.4, -0.2) is 28.9 Å². The highest BCUT2D eigenvalue weighted by atomic mass is 16.5. The summed E-state index contributed by atoms with van der Waals surface area (Å²) in [5, 5.41) is 11.3. The number of aliphatic hydroxyl groups excluding tert-OH is 1. The quantitative estimate of drug-likeness (QED) is 0.231. The van der Waals surface area contributed by atoms with Crippen LogP contribution in [0, 0.1) is 13.8 Å². The van der Waals surface area contributed by atoms with Crippen LogP contribution in [0.2, 0.25) is 0 Å². The van der Waals surface area contributed by atoms with Crippen LogP contribution in [0.1, 0.15) is 52.5 Å². The van der Waals surface area contributed by atoms with Crippen molar-refractivity contribution in [2.45, 2.75) is 39.8 Å². The SMILES string of the molecule is Cc1ccc(/C(O)=C2\C(=O)C(=O)N(c3cccc(C(=O)OC(C)C)c3)C2c2ccccc2)cc1C. The van der Waals surface area contributed by atoms with Gasteiger partial charge in [-0.2, -0.15) is 0 Å². The minimum atomic E-state index is -0.867. The molecule has 3 aromatic carbocycles. The number of carbonyl (C=O) groups excluding carboxylic acids is 3. The van der Waals surface area contributed by atoms with E-state index in [4.69, 9.17) is 4.74 Å². The summed E-state index contributed by atoms with van der Waals surface area (Å²) in [5.74, 6) is -2.33. The average Bonchev–Trinajstić information content (AvgIpc) is 3.11. The standard InChI is InChI=1S/C29H27NO5/c1-17(2)35-29(34)22-11-8-12-23(16-22)30-25(20-9-6-5-7-10-20)24(27(32)28(30)33)26(31)21-14-13-18(3)19(4)15-21/h5-17,25,31H,1-4H3/b26-24+. The fourth-order valence-electron chi connectivity index (χ4n) is 4.16. The molecule has 0 spiro atoms. The summed E-state index contributed by atoms with van der Waals surface area (Å²) in [6.45, 7) is 7.38. The van der Waals surface area contributed by atoms with Crippen molar-refractivity contribution < 1.29 is 24.2 Å². The van der Waals surface area contributed by atoms with Crippen LogP contribution in [0.15, 0.2) is 78.4 Å². The number of benzene rings is 3. The third kappa shape index (κ3) is 4.60. The molecule has 1 saturated heterocycles. The van der Waals surface area contributed by atoms with Gasteiger partial charge in [0.15, 0.2) is 0 Å². The molecule has 6 nitrogen and oxygen atoms in total. The number of anilines is 1. The fraction of sp³-hybridized carbons (Fsp3) is 0.207. The molecule has 0 aromatic heterocycles.